The summed E-state index contributed by atoms with van der Waals surface area (Å²) in [6.45, 7) is 7.64. The monoisotopic (exact) mass is 385 g/mol. The van der Waals surface area contributed by atoms with Crippen LogP contribution in [0.5, 0.6) is 0 Å². The molecule has 4 heterocycles. The third-order valence-corrected chi connectivity index (χ3v) is 6.54. The number of aryl methyl sites for hydroxylation is 1. The zero-order valence-electron chi connectivity index (χ0n) is 16.4. The summed E-state index contributed by atoms with van der Waals surface area (Å²) in [5.74, 6) is 1.64. The van der Waals surface area contributed by atoms with E-state index >= 15 is 0 Å². The van der Waals surface area contributed by atoms with Crippen LogP contribution in [0.15, 0.2) is 15.4 Å². The van der Waals surface area contributed by atoms with Crippen molar-refractivity contribution in [1.82, 2.24) is 20.0 Å². The molecule has 1 aliphatic carbocycles. The van der Waals surface area contributed by atoms with Gasteiger partial charge in [-0.15, -0.1) is 0 Å². The lowest BCUT2D eigenvalue weighted by Crippen LogP contribution is -2.43. The molecule has 2 aliphatic heterocycles. The summed E-state index contributed by atoms with van der Waals surface area (Å²) in [5.41, 5.74) is 2.96. The maximum Gasteiger partial charge on any atom is 0.255 e. The topological polar surface area (TPSA) is 87.5 Å². The highest BCUT2D eigenvalue weighted by Crippen LogP contribution is 2.44. The molecular weight excluding hydrogens is 358 g/mol. The van der Waals surface area contributed by atoms with Gasteiger partial charge in [0.25, 0.3) is 5.56 Å². The molecule has 8 nitrogen and oxygen atoms in total. The van der Waals surface area contributed by atoms with Crippen LogP contribution in [-0.2, 0) is 23.1 Å². The zero-order chi connectivity index (χ0) is 19.1. The highest BCUT2D eigenvalue weighted by atomic mass is 16.5. The predicted molar refractivity (Wildman–Crippen MR) is 104 cm³/mol. The molecule has 28 heavy (non-hydrogen) atoms. The molecule has 1 spiro atoms. The Morgan fingerprint density at radius 3 is 2.68 bits per heavy atom. The second-order valence-electron chi connectivity index (χ2n) is 8.31. The summed E-state index contributed by atoms with van der Waals surface area (Å²) in [4.78, 5) is 25.3. The van der Waals surface area contributed by atoms with E-state index in [1.165, 1.54) is 0 Å². The first-order chi connectivity index (χ1) is 13.6. The fourth-order valence-corrected chi connectivity index (χ4v) is 4.90. The second kappa shape index (κ2) is 7.00. The number of fused-ring (bicyclic) bond motifs is 2. The van der Waals surface area contributed by atoms with E-state index in [1.807, 2.05) is 13.0 Å². The Labute approximate surface area is 163 Å². The van der Waals surface area contributed by atoms with Gasteiger partial charge in [-0.2, -0.15) is 0 Å². The Bertz CT molecular complexity index is 907. The number of likely N-dealkylation sites (tertiary alicyclic amines) is 1. The molecule has 2 aromatic rings. The molecule has 8 heteroatoms. The molecule has 0 saturated carbocycles. The van der Waals surface area contributed by atoms with Crippen LogP contribution in [0.2, 0.25) is 0 Å². The van der Waals surface area contributed by atoms with Gasteiger partial charge in [0.15, 0.2) is 5.76 Å². The number of aromatic nitrogens is 3. The molecule has 5 rings (SSSR count). The lowest BCUT2D eigenvalue weighted by molar-refractivity contribution is 0.121. The molecule has 2 aromatic heterocycles. The van der Waals surface area contributed by atoms with Crippen LogP contribution in [0.3, 0.4) is 0 Å². The van der Waals surface area contributed by atoms with Crippen LogP contribution >= 0.6 is 0 Å². The smallest absolute Gasteiger partial charge is 0.255 e. The minimum absolute atomic E-state index is 0.0401. The van der Waals surface area contributed by atoms with Crippen LogP contribution in [0.1, 0.15) is 42.0 Å². The first kappa shape index (κ1) is 17.9. The predicted octanol–water partition coefficient (Wildman–Crippen LogP) is 1.38. The van der Waals surface area contributed by atoms with Gasteiger partial charge in [-0.05, 0) is 45.7 Å². The quantitative estimate of drug-likeness (QED) is 0.854. The first-order valence-corrected chi connectivity index (χ1v) is 10.2. The normalized spacial score (nSPS) is 22.0. The molecule has 2 saturated heterocycles. The zero-order valence-corrected chi connectivity index (χ0v) is 16.4. The molecular formula is C20H27N5O3. The number of H-pyrrole nitrogens is 1. The van der Waals surface area contributed by atoms with Gasteiger partial charge < -0.3 is 14.2 Å². The number of rotatable bonds is 3. The van der Waals surface area contributed by atoms with Crippen molar-refractivity contribution in [3.8, 4) is 0 Å². The van der Waals surface area contributed by atoms with Crippen molar-refractivity contribution in [3.05, 3.63) is 39.1 Å². The van der Waals surface area contributed by atoms with E-state index in [4.69, 9.17) is 14.2 Å². The number of nitrogens with zero attached hydrogens (tertiary/aromatic N) is 4. The van der Waals surface area contributed by atoms with Gasteiger partial charge in [0.1, 0.15) is 0 Å². The summed E-state index contributed by atoms with van der Waals surface area (Å²) >= 11 is 0. The molecule has 0 unspecified atom stereocenters. The van der Waals surface area contributed by atoms with E-state index in [2.05, 4.69) is 19.9 Å². The fourth-order valence-electron chi connectivity index (χ4n) is 4.90. The Morgan fingerprint density at radius 2 is 1.96 bits per heavy atom. The van der Waals surface area contributed by atoms with Crippen LogP contribution in [-0.4, -0.2) is 59.4 Å². The molecule has 2 fully saturated rings. The Hall–Kier alpha value is -2.19. The van der Waals surface area contributed by atoms with Gasteiger partial charge in [-0.1, -0.05) is 5.16 Å². The lowest BCUT2D eigenvalue weighted by atomic mass is 9.76. The van der Waals surface area contributed by atoms with Crippen molar-refractivity contribution < 1.29 is 9.26 Å². The van der Waals surface area contributed by atoms with Crippen LogP contribution in [0.25, 0.3) is 0 Å². The SMILES string of the molecule is Cc1cc(CN2CCC3(CCc4c3nc(N3CCOCC3)[nH]c4=O)CC2)on1. The Kier molecular flexibility index (Phi) is 4.47. The summed E-state index contributed by atoms with van der Waals surface area (Å²) in [6.07, 6.45) is 3.93. The van der Waals surface area contributed by atoms with Crippen molar-refractivity contribution >= 4 is 5.95 Å². The van der Waals surface area contributed by atoms with Crippen molar-refractivity contribution in [1.29, 1.82) is 0 Å². The number of piperidine rings is 1. The van der Waals surface area contributed by atoms with Crippen LogP contribution < -0.4 is 10.5 Å². The number of hydrogen-bond donors (Lipinski definition) is 1. The minimum Gasteiger partial charge on any atom is -0.378 e. The van der Waals surface area contributed by atoms with Gasteiger partial charge in [-0.3, -0.25) is 14.7 Å². The summed E-state index contributed by atoms with van der Waals surface area (Å²) < 4.78 is 10.8. The molecule has 0 atom stereocenters. The third kappa shape index (κ3) is 3.14. The molecule has 3 aliphatic rings. The van der Waals surface area contributed by atoms with E-state index in [0.717, 1.165) is 81.1 Å². The average Bonchev–Trinajstić information content (AvgIpc) is 3.29. The van der Waals surface area contributed by atoms with Gasteiger partial charge in [0.05, 0.1) is 31.1 Å². The van der Waals surface area contributed by atoms with Crippen molar-refractivity contribution in [2.45, 2.75) is 44.6 Å². The summed E-state index contributed by atoms with van der Waals surface area (Å²) in [7, 11) is 0. The van der Waals surface area contributed by atoms with Crippen molar-refractivity contribution in [3.63, 3.8) is 0 Å². The molecule has 1 N–H and O–H groups in total. The number of morpholine rings is 1. The lowest BCUT2D eigenvalue weighted by Gasteiger charge is -2.39. The van der Waals surface area contributed by atoms with E-state index in [1.54, 1.807) is 0 Å². The molecule has 0 bridgehead atoms. The van der Waals surface area contributed by atoms with Gasteiger partial charge >= 0.3 is 0 Å². The number of nitrogens with one attached hydrogen (secondary N) is 1. The molecule has 0 radical (unpaired) electrons. The average molecular weight is 385 g/mol. The van der Waals surface area contributed by atoms with Gasteiger partial charge in [0.2, 0.25) is 5.95 Å². The summed E-state index contributed by atoms with van der Waals surface area (Å²) in [6, 6.07) is 2.00. The van der Waals surface area contributed by atoms with E-state index in [9.17, 15) is 4.79 Å². The van der Waals surface area contributed by atoms with Gasteiger partial charge in [0, 0.05) is 30.1 Å². The molecule has 0 aromatic carbocycles. The fraction of sp³-hybridized carbons (Fsp3) is 0.650. The third-order valence-electron chi connectivity index (χ3n) is 6.54. The Balaban J connectivity index is 1.35. The van der Waals surface area contributed by atoms with Crippen LogP contribution in [0.4, 0.5) is 5.95 Å². The molecule has 150 valence electrons. The Morgan fingerprint density at radius 1 is 1.18 bits per heavy atom. The van der Waals surface area contributed by atoms with Crippen molar-refractivity contribution in [2.24, 2.45) is 0 Å². The highest BCUT2D eigenvalue weighted by molar-refractivity contribution is 5.40. The van der Waals surface area contributed by atoms with E-state index in [0.29, 0.717) is 19.2 Å². The van der Waals surface area contributed by atoms with E-state index < -0.39 is 0 Å². The minimum atomic E-state index is 0.0401. The van der Waals surface area contributed by atoms with E-state index in [-0.39, 0.29) is 11.0 Å². The van der Waals surface area contributed by atoms with Gasteiger partial charge in [-0.25, -0.2) is 4.98 Å². The molecule has 0 amide bonds. The maximum absolute atomic E-state index is 12.7. The standard InChI is InChI=1S/C20H27N5O3/c1-14-12-15(28-23-14)13-24-6-4-20(5-7-24)3-2-16-17(20)21-19(22-18(16)26)25-8-10-27-11-9-25/h12H,2-11,13H2,1H3,(H,21,22,26). The van der Waals surface area contributed by atoms with Crippen molar-refractivity contribution in [2.75, 3.05) is 44.3 Å². The highest BCUT2D eigenvalue weighted by Gasteiger charge is 2.44. The maximum atomic E-state index is 12.7. The van der Waals surface area contributed by atoms with Crippen LogP contribution in [0, 0.1) is 6.92 Å². The summed E-state index contributed by atoms with van der Waals surface area (Å²) in [5, 5.41) is 3.98. The second-order valence-corrected chi connectivity index (χ2v) is 8.31. The largest absolute Gasteiger partial charge is 0.378 e. The number of anilines is 1. The first-order valence-electron chi connectivity index (χ1n) is 10.2. The number of aromatic amines is 1. The number of ether oxygens (including phenoxy) is 1. The number of hydrogen-bond acceptors (Lipinski definition) is 7.